The molecule has 0 unspecified atom stereocenters. The lowest BCUT2D eigenvalue weighted by molar-refractivity contribution is 0.294. The minimum atomic E-state index is -0.349. The molecule has 0 atom stereocenters. The Bertz CT molecular complexity index is 658. The SMILES string of the molecule is CCCCCCCCCc1cnc(-c2ccc(OCCCC)c(F)c2)cn1. The quantitative estimate of drug-likeness (QED) is 0.365. The third-order valence-corrected chi connectivity index (χ3v) is 4.72. The highest BCUT2D eigenvalue weighted by molar-refractivity contribution is 5.59. The van der Waals surface area contributed by atoms with E-state index in [0.29, 0.717) is 18.1 Å². The summed E-state index contributed by atoms with van der Waals surface area (Å²) in [5, 5.41) is 0. The van der Waals surface area contributed by atoms with Gasteiger partial charge in [-0.1, -0.05) is 58.8 Å². The van der Waals surface area contributed by atoms with E-state index in [2.05, 4.69) is 23.8 Å². The molecule has 27 heavy (non-hydrogen) atoms. The lowest BCUT2D eigenvalue weighted by Crippen LogP contribution is -1.99. The molecule has 0 amide bonds. The molecule has 1 aromatic heterocycles. The molecule has 2 rings (SSSR count). The number of aromatic nitrogens is 2. The predicted octanol–water partition coefficient (Wildman–Crippen LogP) is 6.75. The molecule has 3 nitrogen and oxygen atoms in total. The lowest BCUT2D eigenvalue weighted by atomic mass is 10.1. The lowest BCUT2D eigenvalue weighted by Gasteiger charge is -2.08. The summed E-state index contributed by atoms with van der Waals surface area (Å²) in [6.45, 7) is 4.87. The maximum absolute atomic E-state index is 14.2. The summed E-state index contributed by atoms with van der Waals surface area (Å²) in [6, 6.07) is 4.99. The van der Waals surface area contributed by atoms with Gasteiger partial charge in [-0.15, -0.1) is 0 Å². The highest BCUT2D eigenvalue weighted by Crippen LogP contribution is 2.24. The van der Waals surface area contributed by atoms with Crippen LogP contribution in [-0.4, -0.2) is 16.6 Å². The zero-order chi connectivity index (χ0) is 19.3. The number of hydrogen-bond acceptors (Lipinski definition) is 3. The van der Waals surface area contributed by atoms with Crippen molar-refractivity contribution < 1.29 is 9.13 Å². The number of benzene rings is 1. The van der Waals surface area contributed by atoms with Gasteiger partial charge in [0.25, 0.3) is 0 Å². The number of nitrogens with zero attached hydrogens (tertiary/aromatic N) is 2. The van der Waals surface area contributed by atoms with E-state index in [0.717, 1.165) is 36.9 Å². The Morgan fingerprint density at radius 3 is 2.26 bits per heavy atom. The molecular formula is C23H33FN2O. The summed E-state index contributed by atoms with van der Waals surface area (Å²) in [4.78, 5) is 8.96. The average molecular weight is 373 g/mol. The normalized spacial score (nSPS) is 10.9. The second-order valence-corrected chi connectivity index (χ2v) is 7.11. The van der Waals surface area contributed by atoms with Crippen molar-refractivity contribution in [2.75, 3.05) is 6.61 Å². The van der Waals surface area contributed by atoms with Crippen LogP contribution in [0.3, 0.4) is 0 Å². The Morgan fingerprint density at radius 1 is 0.852 bits per heavy atom. The first kappa shape index (κ1) is 21.3. The van der Waals surface area contributed by atoms with Crippen molar-refractivity contribution in [3.05, 3.63) is 42.1 Å². The van der Waals surface area contributed by atoms with E-state index < -0.39 is 0 Å². The van der Waals surface area contributed by atoms with Gasteiger partial charge in [0.05, 0.1) is 24.2 Å². The summed E-state index contributed by atoms with van der Waals surface area (Å²) in [5.74, 6) is -0.0479. The van der Waals surface area contributed by atoms with Crippen LogP contribution < -0.4 is 4.74 Å². The Labute approximate surface area is 163 Å². The van der Waals surface area contributed by atoms with E-state index in [1.54, 1.807) is 12.3 Å². The van der Waals surface area contributed by atoms with Crippen molar-refractivity contribution >= 4 is 0 Å². The molecule has 1 heterocycles. The zero-order valence-corrected chi connectivity index (χ0v) is 16.8. The van der Waals surface area contributed by atoms with E-state index in [4.69, 9.17) is 4.74 Å². The fraction of sp³-hybridized carbons (Fsp3) is 0.565. The van der Waals surface area contributed by atoms with Gasteiger partial charge in [0.15, 0.2) is 11.6 Å². The molecule has 148 valence electrons. The molecule has 0 fully saturated rings. The Hall–Kier alpha value is -1.97. The molecule has 0 saturated carbocycles. The Balaban J connectivity index is 1.81. The van der Waals surface area contributed by atoms with Crippen LogP contribution in [0, 0.1) is 5.82 Å². The second kappa shape index (κ2) is 12.4. The highest BCUT2D eigenvalue weighted by atomic mass is 19.1. The van der Waals surface area contributed by atoms with Crippen LogP contribution in [0.2, 0.25) is 0 Å². The Kier molecular flexibility index (Phi) is 9.81. The fourth-order valence-corrected chi connectivity index (χ4v) is 3.00. The van der Waals surface area contributed by atoms with Crippen LogP contribution in [-0.2, 0) is 6.42 Å². The van der Waals surface area contributed by atoms with Crippen LogP contribution in [0.25, 0.3) is 11.3 Å². The van der Waals surface area contributed by atoms with Crippen LogP contribution >= 0.6 is 0 Å². The molecule has 0 aliphatic heterocycles. The van der Waals surface area contributed by atoms with Crippen molar-refractivity contribution in [3.63, 3.8) is 0 Å². The second-order valence-electron chi connectivity index (χ2n) is 7.11. The maximum atomic E-state index is 14.2. The van der Waals surface area contributed by atoms with E-state index in [9.17, 15) is 4.39 Å². The van der Waals surface area contributed by atoms with Gasteiger partial charge in [-0.2, -0.15) is 0 Å². The summed E-state index contributed by atoms with van der Waals surface area (Å²) >= 11 is 0. The van der Waals surface area contributed by atoms with Gasteiger partial charge in [-0.05, 0) is 37.5 Å². The van der Waals surface area contributed by atoms with E-state index in [-0.39, 0.29) is 5.82 Å². The number of hydrogen-bond donors (Lipinski definition) is 0. The standard InChI is InChI=1S/C23H33FN2O/c1-3-5-7-8-9-10-11-12-20-17-26-22(18-25-20)19-13-14-23(21(24)16-19)27-15-6-4-2/h13-14,16-18H,3-12,15H2,1-2H3. The summed E-state index contributed by atoms with van der Waals surface area (Å²) in [5.41, 5.74) is 2.43. The van der Waals surface area contributed by atoms with Crippen molar-refractivity contribution in [2.24, 2.45) is 0 Å². The first-order valence-corrected chi connectivity index (χ1v) is 10.5. The molecule has 0 saturated heterocycles. The number of aryl methyl sites for hydroxylation is 1. The monoisotopic (exact) mass is 372 g/mol. The molecule has 4 heteroatoms. The summed E-state index contributed by atoms with van der Waals surface area (Å²) < 4.78 is 19.6. The van der Waals surface area contributed by atoms with Crippen LogP contribution in [0.4, 0.5) is 4.39 Å². The highest BCUT2D eigenvalue weighted by Gasteiger charge is 2.08. The molecule has 0 radical (unpaired) electrons. The van der Waals surface area contributed by atoms with Gasteiger partial charge in [0.2, 0.25) is 0 Å². The maximum Gasteiger partial charge on any atom is 0.165 e. The predicted molar refractivity (Wildman–Crippen MR) is 110 cm³/mol. The minimum absolute atomic E-state index is 0.302. The van der Waals surface area contributed by atoms with E-state index >= 15 is 0 Å². The Morgan fingerprint density at radius 2 is 1.59 bits per heavy atom. The van der Waals surface area contributed by atoms with Gasteiger partial charge in [0, 0.05) is 11.8 Å². The first-order valence-electron chi connectivity index (χ1n) is 10.5. The smallest absolute Gasteiger partial charge is 0.165 e. The molecule has 2 aromatic rings. The van der Waals surface area contributed by atoms with Gasteiger partial charge >= 0.3 is 0 Å². The fourth-order valence-electron chi connectivity index (χ4n) is 3.00. The largest absolute Gasteiger partial charge is 0.491 e. The topological polar surface area (TPSA) is 35.0 Å². The van der Waals surface area contributed by atoms with Crippen LogP contribution in [0.1, 0.15) is 77.3 Å². The summed E-state index contributed by atoms with van der Waals surface area (Å²) in [6.07, 6.45) is 15.5. The van der Waals surface area contributed by atoms with E-state index in [1.807, 2.05) is 12.3 Å². The minimum Gasteiger partial charge on any atom is -0.491 e. The number of rotatable bonds is 13. The van der Waals surface area contributed by atoms with Gasteiger partial charge in [-0.3, -0.25) is 9.97 Å². The molecule has 0 aliphatic carbocycles. The molecule has 0 bridgehead atoms. The molecule has 0 N–H and O–H groups in total. The number of unbranched alkanes of at least 4 members (excludes halogenated alkanes) is 7. The van der Waals surface area contributed by atoms with Crippen LogP contribution in [0.15, 0.2) is 30.6 Å². The molecule has 1 aromatic carbocycles. The van der Waals surface area contributed by atoms with Gasteiger partial charge < -0.3 is 4.74 Å². The third kappa shape index (κ3) is 7.66. The molecular weight excluding hydrogens is 339 g/mol. The van der Waals surface area contributed by atoms with Crippen molar-refractivity contribution in [3.8, 4) is 17.0 Å². The third-order valence-electron chi connectivity index (χ3n) is 4.72. The molecule has 0 spiro atoms. The first-order chi connectivity index (χ1) is 13.2. The average Bonchev–Trinajstić information content (AvgIpc) is 2.69. The van der Waals surface area contributed by atoms with Gasteiger partial charge in [0.1, 0.15) is 0 Å². The number of halogens is 1. The summed E-state index contributed by atoms with van der Waals surface area (Å²) in [7, 11) is 0. The van der Waals surface area contributed by atoms with Crippen LogP contribution in [0.5, 0.6) is 5.75 Å². The molecule has 0 aliphatic rings. The van der Waals surface area contributed by atoms with Crippen molar-refractivity contribution in [1.29, 1.82) is 0 Å². The van der Waals surface area contributed by atoms with E-state index in [1.165, 1.54) is 44.6 Å². The van der Waals surface area contributed by atoms with Gasteiger partial charge in [-0.25, -0.2) is 4.39 Å². The zero-order valence-electron chi connectivity index (χ0n) is 16.8. The van der Waals surface area contributed by atoms with Crippen molar-refractivity contribution in [1.82, 2.24) is 9.97 Å². The van der Waals surface area contributed by atoms with Crippen molar-refractivity contribution in [2.45, 2.75) is 78.1 Å². The number of ether oxygens (including phenoxy) is 1.